The second-order valence-corrected chi connectivity index (χ2v) is 6.62. The first-order valence-electron chi connectivity index (χ1n) is 8.00. The van der Waals surface area contributed by atoms with Crippen molar-refractivity contribution < 1.29 is 9.53 Å². The molecule has 4 rings (SSSR count). The van der Waals surface area contributed by atoms with E-state index in [9.17, 15) is 9.59 Å². The third-order valence-electron chi connectivity index (χ3n) is 3.79. The number of hydrogen-bond acceptors (Lipinski definition) is 4. The number of carbonyl (C=O) groups is 1. The maximum absolute atomic E-state index is 12.4. The third kappa shape index (κ3) is 3.75. The molecular formula is C19H13BrN4O3. The van der Waals surface area contributed by atoms with Gasteiger partial charge in [0.2, 0.25) is 0 Å². The number of carbonyl (C=O) groups excluding carboxylic acids is 1. The summed E-state index contributed by atoms with van der Waals surface area (Å²) in [6.07, 6.45) is 1.54. The number of rotatable bonds is 4. The average Bonchev–Trinajstić information content (AvgIpc) is 3.03. The Bertz CT molecular complexity index is 1200. The second kappa shape index (κ2) is 7.08. The molecule has 0 unspecified atom stereocenters. The highest BCUT2D eigenvalue weighted by Crippen LogP contribution is 2.28. The van der Waals surface area contributed by atoms with E-state index in [2.05, 4.69) is 36.2 Å². The number of nitrogens with zero attached hydrogens (tertiary/aromatic N) is 1. The van der Waals surface area contributed by atoms with Crippen LogP contribution in [0.5, 0.6) is 11.5 Å². The monoisotopic (exact) mass is 424 g/mol. The highest BCUT2D eigenvalue weighted by Gasteiger charge is 2.10. The van der Waals surface area contributed by atoms with Crippen LogP contribution in [0, 0.1) is 0 Å². The summed E-state index contributed by atoms with van der Waals surface area (Å²) in [4.78, 5) is 33.2. The Hall–Kier alpha value is -3.39. The minimum Gasteiger partial charge on any atom is -0.455 e. The molecule has 7 nitrogen and oxygen atoms in total. The first-order chi connectivity index (χ1) is 13.1. The Balaban J connectivity index is 1.57. The van der Waals surface area contributed by atoms with E-state index in [1.54, 1.807) is 54.7 Å². The van der Waals surface area contributed by atoms with Crippen LogP contribution in [0.3, 0.4) is 0 Å². The zero-order valence-corrected chi connectivity index (χ0v) is 15.4. The summed E-state index contributed by atoms with van der Waals surface area (Å²) in [6.45, 7) is 0. The molecule has 0 radical (unpaired) electrons. The van der Waals surface area contributed by atoms with Crippen molar-refractivity contribution in [1.29, 1.82) is 0 Å². The van der Waals surface area contributed by atoms with Crippen LogP contribution in [0.1, 0.15) is 10.4 Å². The van der Waals surface area contributed by atoms with Gasteiger partial charge in [0.25, 0.3) is 5.91 Å². The van der Waals surface area contributed by atoms with Crippen LogP contribution < -0.4 is 15.7 Å². The molecule has 0 bridgehead atoms. The number of ether oxygens (including phenoxy) is 1. The van der Waals surface area contributed by atoms with E-state index < -0.39 is 0 Å². The molecule has 1 amide bonds. The zero-order valence-electron chi connectivity index (χ0n) is 13.8. The Labute approximate surface area is 161 Å². The molecule has 8 heteroatoms. The van der Waals surface area contributed by atoms with Gasteiger partial charge in [0.15, 0.2) is 11.4 Å². The molecule has 0 fully saturated rings. The highest BCUT2D eigenvalue weighted by molar-refractivity contribution is 9.10. The topological polar surface area (TPSA) is 99.9 Å². The van der Waals surface area contributed by atoms with Crippen molar-refractivity contribution in [3.05, 3.63) is 81.3 Å². The number of nitrogens with one attached hydrogen (secondary N) is 3. The van der Waals surface area contributed by atoms with Gasteiger partial charge in [0, 0.05) is 34.1 Å². The lowest BCUT2D eigenvalue weighted by Crippen LogP contribution is -2.11. The average molecular weight is 425 g/mol. The molecule has 27 heavy (non-hydrogen) atoms. The highest BCUT2D eigenvalue weighted by atomic mass is 79.9. The van der Waals surface area contributed by atoms with Gasteiger partial charge < -0.3 is 15.0 Å². The van der Waals surface area contributed by atoms with Crippen LogP contribution in [0.2, 0.25) is 0 Å². The van der Waals surface area contributed by atoms with Crippen molar-refractivity contribution in [2.75, 3.05) is 5.32 Å². The summed E-state index contributed by atoms with van der Waals surface area (Å²) in [5.74, 6) is 0.736. The van der Waals surface area contributed by atoms with E-state index in [4.69, 9.17) is 4.74 Å². The molecule has 4 aromatic rings. The van der Waals surface area contributed by atoms with Crippen LogP contribution in [0.15, 0.2) is 70.1 Å². The van der Waals surface area contributed by atoms with E-state index >= 15 is 0 Å². The van der Waals surface area contributed by atoms with Crippen molar-refractivity contribution in [1.82, 2.24) is 15.0 Å². The minimum atomic E-state index is -0.358. The predicted octanol–water partition coefficient (Wildman–Crippen LogP) is 4.06. The van der Waals surface area contributed by atoms with Crippen molar-refractivity contribution in [3.63, 3.8) is 0 Å². The number of fused-ring (bicyclic) bond motifs is 1. The molecule has 0 saturated carbocycles. The molecule has 134 valence electrons. The van der Waals surface area contributed by atoms with Gasteiger partial charge in [0.1, 0.15) is 11.3 Å². The van der Waals surface area contributed by atoms with Crippen LogP contribution in [0.4, 0.5) is 5.69 Å². The summed E-state index contributed by atoms with van der Waals surface area (Å²) >= 11 is 3.35. The number of pyridine rings is 1. The van der Waals surface area contributed by atoms with Crippen molar-refractivity contribution >= 4 is 38.7 Å². The van der Waals surface area contributed by atoms with Gasteiger partial charge in [-0.05, 0) is 30.3 Å². The molecule has 0 aliphatic heterocycles. The number of aromatic nitrogens is 3. The lowest BCUT2D eigenvalue weighted by Gasteiger charge is -2.09. The second-order valence-electron chi connectivity index (χ2n) is 5.71. The Morgan fingerprint density at radius 3 is 2.78 bits per heavy atom. The molecule has 2 aromatic heterocycles. The van der Waals surface area contributed by atoms with Crippen LogP contribution in [-0.2, 0) is 0 Å². The molecule has 2 aromatic carbocycles. The number of H-pyrrole nitrogens is 2. The van der Waals surface area contributed by atoms with Gasteiger partial charge in [0.05, 0.1) is 0 Å². The fourth-order valence-corrected chi connectivity index (χ4v) is 2.99. The summed E-state index contributed by atoms with van der Waals surface area (Å²) in [5.41, 5.74) is 1.66. The Morgan fingerprint density at radius 2 is 1.93 bits per heavy atom. The molecule has 0 aliphatic carbocycles. The van der Waals surface area contributed by atoms with E-state index in [0.717, 1.165) is 4.47 Å². The largest absolute Gasteiger partial charge is 0.455 e. The fraction of sp³-hybridized carbons (Fsp3) is 0. The summed E-state index contributed by atoms with van der Waals surface area (Å²) in [6, 6.07) is 15.8. The maximum atomic E-state index is 12.4. The third-order valence-corrected chi connectivity index (χ3v) is 4.28. The number of anilines is 1. The SMILES string of the molecule is O=C(Nc1cccc(Oc2ccnc3[nH]c(=O)[nH]c23)c1)c1cccc(Br)c1. The molecule has 0 aliphatic rings. The van der Waals surface area contributed by atoms with Gasteiger partial charge in [-0.25, -0.2) is 9.78 Å². The quantitative estimate of drug-likeness (QED) is 0.459. The molecule has 0 atom stereocenters. The van der Waals surface area contributed by atoms with E-state index in [1.807, 2.05) is 6.07 Å². The van der Waals surface area contributed by atoms with Crippen molar-refractivity contribution in [2.45, 2.75) is 0 Å². The van der Waals surface area contributed by atoms with E-state index in [1.165, 1.54) is 0 Å². The Morgan fingerprint density at radius 1 is 1.07 bits per heavy atom. The lowest BCUT2D eigenvalue weighted by atomic mass is 10.2. The van der Waals surface area contributed by atoms with Crippen LogP contribution >= 0.6 is 15.9 Å². The van der Waals surface area contributed by atoms with E-state index in [-0.39, 0.29) is 11.6 Å². The van der Waals surface area contributed by atoms with Crippen molar-refractivity contribution in [3.8, 4) is 11.5 Å². The number of aromatic amines is 2. The van der Waals surface area contributed by atoms with E-state index in [0.29, 0.717) is 33.9 Å². The number of hydrogen-bond donors (Lipinski definition) is 3. The predicted molar refractivity (Wildman–Crippen MR) is 105 cm³/mol. The smallest absolute Gasteiger partial charge is 0.325 e. The van der Waals surface area contributed by atoms with Gasteiger partial charge >= 0.3 is 5.69 Å². The molecule has 2 heterocycles. The number of benzene rings is 2. The van der Waals surface area contributed by atoms with Gasteiger partial charge in [-0.15, -0.1) is 0 Å². The first-order valence-corrected chi connectivity index (χ1v) is 8.80. The summed E-state index contributed by atoms with van der Waals surface area (Å²) in [7, 11) is 0. The number of halogens is 1. The van der Waals surface area contributed by atoms with Gasteiger partial charge in [-0.3, -0.25) is 9.78 Å². The van der Waals surface area contributed by atoms with Gasteiger partial charge in [-0.1, -0.05) is 28.1 Å². The minimum absolute atomic E-state index is 0.227. The fourth-order valence-electron chi connectivity index (χ4n) is 2.59. The number of imidazole rings is 1. The maximum Gasteiger partial charge on any atom is 0.325 e. The summed E-state index contributed by atoms with van der Waals surface area (Å²) in [5, 5.41) is 2.84. The van der Waals surface area contributed by atoms with Crippen molar-refractivity contribution in [2.24, 2.45) is 0 Å². The first kappa shape index (κ1) is 17.0. The molecular weight excluding hydrogens is 412 g/mol. The molecule has 0 saturated heterocycles. The standard InChI is InChI=1S/C19H13BrN4O3/c20-12-4-1-3-11(9-12)18(25)22-13-5-2-6-14(10-13)27-15-7-8-21-17-16(15)23-19(26)24-17/h1-10H,(H,22,25)(H2,21,23,24,26). The Kier molecular flexibility index (Phi) is 4.47. The normalized spacial score (nSPS) is 10.7. The molecule has 0 spiro atoms. The van der Waals surface area contributed by atoms with Crippen LogP contribution in [-0.4, -0.2) is 20.9 Å². The van der Waals surface area contributed by atoms with Crippen LogP contribution in [0.25, 0.3) is 11.2 Å². The zero-order chi connectivity index (χ0) is 18.8. The summed E-state index contributed by atoms with van der Waals surface area (Å²) < 4.78 is 6.69. The lowest BCUT2D eigenvalue weighted by molar-refractivity contribution is 0.102. The molecule has 3 N–H and O–H groups in total. The number of amides is 1. The van der Waals surface area contributed by atoms with Gasteiger partial charge in [-0.2, -0.15) is 0 Å².